The van der Waals surface area contributed by atoms with E-state index in [0.29, 0.717) is 32.2 Å². The molecule has 3 N–H and O–H groups in total. The molecule has 3 heterocycles. The number of carbonyl (C=O) groups excluding carboxylic acids is 1. The molecular formula is C22H36N6O4. The lowest BCUT2D eigenvalue weighted by molar-refractivity contribution is -0.145. The molecule has 10 heteroatoms. The molecule has 2 aromatic rings. The van der Waals surface area contributed by atoms with Crippen molar-refractivity contribution in [3.8, 4) is 0 Å². The summed E-state index contributed by atoms with van der Waals surface area (Å²) in [6, 6.07) is 0.302. The first-order chi connectivity index (χ1) is 15.0. The number of rotatable bonds is 9. The van der Waals surface area contributed by atoms with E-state index in [1.165, 1.54) is 7.11 Å². The number of aromatic nitrogens is 4. The molecule has 178 valence electrons. The van der Waals surface area contributed by atoms with Crippen molar-refractivity contribution in [3.05, 3.63) is 24.8 Å². The highest BCUT2D eigenvalue weighted by atomic mass is 16.5. The first-order valence-corrected chi connectivity index (χ1v) is 11.0. The molecule has 0 saturated carbocycles. The van der Waals surface area contributed by atoms with Crippen molar-refractivity contribution in [1.29, 1.82) is 0 Å². The van der Waals surface area contributed by atoms with Crippen LogP contribution >= 0.6 is 0 Å². The number of aliphatic hydroxyl groups is 2. The van der Waals surface area contributed by atoms with Crippen molar-refractivity contribution in [2.75, 3.05) is 30.4 Å². The second kappa shape index (κ2) is 9.50. The van der Waals surface area contributed by atoms with Crippen molar-refractivity contribution < 1.29 is 19.7 Å². The maximum atomic E-state index is 12.0. The van der Waals surface area contributed by atoms with E-state index in [-0.39, 0.29) is 11.9 Å². The summed E-state index contributed by atoms with van der Waals surface area (Å²) in [4.78, 5) is 14.2. The standard InChI is InChI=1S/C22H36N6O4/c1-16-6-7-17(20(29)32-5)10-28(16)19-9-25-27(12-19)15-22(4,31)13-23-18-8-24-26(11-18)14-21(2,3)30/h8-9,11-12,16-17,23,30-31H,6-7,10,13-15H2,1-5H3/t16-,17+,22?/m1/s1. The van der Waals surface area contributed by atoms with Gasteiger partial charge >= 0.3 is 5.97 Å². The third-order valence-corrected chi connectivity index (χ3v) is 5.73. The molecule has 0 aliphatic carbocycles. The van der Waals surface area contributed by atoms with E-state index in [4.69, 9.17) is 4.74 Å². The minimum Gasteiger partial charge on any atom is -0.469 e. The Morgan fingerprint density at radius 1 is 1.16 bits per heavy atom. The zero-order chi connectivity index (χ0) is 23.5. The summed E-state index contributed by atoms with van der Waals surface area (Å²) >= 11 is 0. The molecule has 0 spiro atoms. The van der Waals surface area contributed by atoms with Crippen LogP contribution in [0.5, 0.6) is 0 Å². The quantitative estimate of drug-likeness (QED) is 0.494. The fourth-order valence-electron chi connectivity index (χ4n) is 4.05. The van der Waals surface area contributed by atoms with Crippen LogP contribution in [0.15, 0.2) is 24.8 Å². The number of hydrogen-bond acceptors (Lipinski definition) is 8. The van der Waals surface area contributed by atoms with Crippen LogP contribution < -0.4 is 10.2 Å². The summed E-state index contributed by atoms with van der Waals surface area (Å²) in [5, 5.41) is 32.6. The number of nitrogens with one attached hydrogen (secondary N) is 1. The van der Waals surface area contributed by atoms with Crippen LogP contribution in [0.2, 0.25) is 0 Å². The molecule has 0 radical (unpaired) electrons. The van der Waals surface area contributed by atoms with Gasteiger partial charge in [-0.3, -0.25) is 14.2 Å². The van der Waals surface area contributed by atoms with Crippen molar-refractivity contribution in [2.45, 2.75) is 70.9 Å². The largest absolute Gasteiger partial charge is 0.469 e. The van der Waals surface area contributed by atoms with Crippen molar-refractivity contribution >= 4 is 17.3 Å². The summed E-state index contributed by atoms with van der Waals surface area (Å²) in [6.45, 7) is 8.94. The van der Waals surface area contributed by atoms with Gasteiger partial charge in [0.05, 0.1) is 61.1 Å². The molecular weight excluding hydrogens is 412 g/mol. The van der Waals surface area contributed by atoms with Gasteiger partial charge in [-0.1, -0.05) is 0 Å². The van der Waals surface area contributed by atoms with E-state index < -0.39 is 11.2 Å². The Morgan fingerprint density at radius 3 is 2.53 bits per heavy atom. The number of methoxy groups -OCH3 is 1. The fraction of sp³-hybridized carbons (Fsp3) is 0.682. The van der Waals surface area contributed by atoms with Gasteiger partial charge in [0.1, 0.15) is 0 Å². The number of carbonyl (C=O) groups is 1. The number of hydrogen-bond donors (Lipinski definition) is 3. The Labute approximate surface area is 189 Å². The number of ether oxygens (including phenoxy) is 1. The molecule has 2 aromatic heterocycles. The smallest absolute Gasteiger partial charge is 0.310 e. The van der Waals surface area contributed by atoms with Crippen LogP contribution in [0, 0.1) is 5.92 Å². The van der Waals surface area contributed by atoms with Gasteiger partial charge in [-0.25, -0.2) is 0 Å². The highest BCUT2D eigenvalue weighted by Crippen LogP contribution is 2.28. The maximum Gasteiger partial charge on any atom is 0.310 e. The number of anilines is 2. The predicted molar refractivity (Wildman–Crippen MR) is 121 cm³/mol. The maximum absolute atomic E-state index is 12.0. The molecule has 1 saturated heterocycles. The molecule has 0 amide bonds. The fourth-order valence-corrected chi connectivity index (χ4v) is 4.05. The van der Waals surface area contributed by atoms with Crippen molar-refractivity contribution in [2.24, 2.45) is 5.92 Å². The van der Waals surface area contributed by atoms with Crippen LogP contribution in [0.1, 0.15) is 40.5 Å². The molecule has 0 bridgehead atoms. The van der Waals surface area contributed by atoms with E-state index in [2.05, 4.69) is 27.3 Å². The third-order valence-electron chi connectivity index (χ3n) is 5.73. The Kier molecular flexibility index (Phi) is 7.14. The lowest BCUT2D eigenvalue weighted by atomic mass is 9.93. The van der Waals surface area contributed by atoms with Crippen molar-refractivity contribution in [3.63, 3.8) is 0 Å². The lowest BCUT2D eigenvalue weighted by Gasteiger charge is -2.37. The second-order valence-corrected chi connectivity index (χ2v) is 9.78. The van der Waals surface area contributed by atoms with E-state index >= 15 is 0 Å². The normalized spacial score (nSPS) is 21.3. The van der Waals surface area contributed by atoms with E-state index in [0.717, 1.165) is 24.2 Å². The molecule has 32 heavy (non-hydrogen) atoms. The van der Waals surface area contributed by atoms with Gasteiger partial charge in [0.15, 0.2) is 0 Å². The van der Waals surface area contributed by atoms with Gasteiger partial charge in [0, 0.05) is 31.5 Å². The van der Waals surface area contributed by atoms with E-state index in [1.807, 2.05) is 6.20 Å². The van der Waals surface area contributed by atoms with Crippen molar-refractivity contribution in [1.82, 2.24) is 19.6 Å². The molecule has 1 fully saturated rings. The topological polar surface area (TPSA) is 118 Å². The van der Waals surface area contributed by atoms with Gasteiger partial charge in [0.25, 0.3) is 0 Å². The van der Waals surface area contributed by atoms with Crippen LogP contribution in [0.3, 0.4) is 0 Å². The number of nitrogens with zero attached hydrogens (tertiary/aromatic N) is 5. The summed E-state index contributed by atoms with van der Waals surface area (Å²) in [5.74, 6) is -0.307. The first kappa shape index (κ1) is 24.1. The van der Waals surface area contributed by atoms with Gasteiger partial charge < -0.3 is 25.2 Å². The zero-order valence-corrected chi connectivity index (χ0v) is 19.7. The summed E-state index contributed by atoms with van der Waals surface area (Å²) in [5.41, 5.74) is -0.201. The highest BCUT2D eigenvalue weighted by Gasteiger charge is 2.31. The SMILES string of the molecule is COC(=O)[C@H]1CC[C@@H](C)N(c2cnn(CC(C)(O)CNc3cnn(CC(C)(C)O)c3)c2)C1. The monoisotopic (exact) mass is 448 g/mol. The average Bonchev–Trinajstić information content (AvgIpc) is 3.34. The Morgan fingerprint density at radius 2 is 1.84 bits per heavy atom. The first-order valence-electron chi connectivity index (χ1n) is 11.0. The number of piperidine rings is 1. The molecule has 3 rings (SSSR count). The van der Waals surface area contributed by atoms with Gasteiger partial charge in [-0.15, -0.1) is 0 Å². The average molecular weight is 449 g/mol. The molecule has 0 aromatic carbocycles. The summed E-state index contributed by atoms with van der Waals surface area (Å²) in [6.07, 6.45) is 8.89. The number of esters is 1. The van der Waals surface area contributed by atoms with Crippen LogP contribution in [-0.4, -0.2) is 73.2 Å². The van der Waals surface area contributed by atoms with Crippen LogP contribution in [-0.2, 0) is 22.6 Å². The third kappa shape index (κ3) is 6.46. The Hall–Kier alpha value is -2.59. The minimum absolute atomic E-state index is 0.135. The highest BCUT2D eigenvalue weighted by molar-refractivity contribution is 5.73. The van der Waals surface area contributed by atoms with E-state index in [1.54, 1.807) is 48.7 Å². The van der Waals surface area contributed by atoms with Gasteiger partial charge in [-0.2, -0.15) is 10.2 Å². The Balaban J connectivity index is 1.57. The zero-order valence-electron chi connectivity index (χ0n) is 19.7. The van der Waals surface area contributed by atoms with E-state index in [9.17, 15) is 15.0 Å². The molecule has 10 nitrogen and oxygen atoms in total. The predicted octanol–water partition coefficient (Wildman–Crippen LogP) is 1.49. The Bertz CT molecular complexity index is 900. The molecule has 1 unspecified atom stereocenters. The molecule has 1 aliphatic heterocycles. The van der Waals surface area contributed by atoms with Crippen LogP contribution in [0.25, 0.3) is 0 Å². The molecule has 3 atom stereocenters. The lowest BCUT2D eigenvalue weighted by Crippen LogP contribution is -2.44. The minimum atomic E-state index is -1.05. The summed E-state index contributed by atoms with van der Waals surface area (Å²) in [7, 11) is 1.43. The van der Waals surface area contributed by atoms with Gasteiger partial charge in [0.2, 0.25) is 0 Å². The second-order valence-electron chi connectivity index (χ2n) is 9.78. The van der Waals surface area contributed by atoms with Crippen LogP contribution in [0.4, 0.5) is 11.4 Å². The molecule has 1 aliphatic rings. The van der Waals surface area contributed by atoms with Gasteiger partial charge in [-0.05, 0) is 40.5 Å². The summed E-state index contributed by atoms with van der Waals surface area (Å²) < 4.78 is 8.31.